The Kier molecular flexibility index (Phi) is 5.65. The Bertz CT molecular complexity index is 531. The molecule has 1 heterocycles. The van der Waals surface area contributed by atoms with Gasteiger partial charge >= 0.3 is 0 Å². The van der Waals surface area contributed by atoms with Gasteiger partial charge in [-0.1, -0.05) is 0 Å². The molecular formula is C13H20N2O2S3. The molecule has 1 atom stereocenters. The number of hydrogen-bond acceptors (Lipinski definition) is 5. The van der Waals surface area contributed by atoms with E-state index in [2.05, 4.69) is 0 Å². The lowest BCUT2D eigenvalue weighted by atomic mass is 10.3. The van der Waals surface area contributed by atoms with Crippen LogP contribution in [0, 0.1) is 0 Å². The highest BCUT2D eigenvalue weighted by Gasteiger charge is 2.29. The van der Waals surface area contributed by atoms with Crippen molar-refractivity contribution in [2.75, 3.05) is 35.3 Å². The minimum absolute atomic E-state index is 0.111. The van der Waals surface area contributed by atoms with Gasteiger partial charge in [-0.25, -0.2) is 8.42 Å². The van der Waals surface area contributed by atoms with Crippen molar-refractivity contribution in [2.45, 2.75) is 17.9 Å². The molecule has 0 spiro atoms. The molecule has 0 aromatic heterocycles. The standard InChI is InChI=1S/C13H20N2O2S3/c1-11-10-18-7-6-15(11)20(16,17)9-8-19-13-4-2-12(14)3-5-13/h2-5,11H,6-10,14H2,1H3. The van der Waals surface area contributed by atoms with Crippen LogP contribution in [0.1, 0.15) is 6.92 Å². The molecule has 1 saturated heterocycles. The Balaban J connectivity index is 1.87. The van der Waals surface area contributed by atoms with E-state index >= 15 is 0 Å². The molecule has 1 unspecified atom stereocenters. The number of hydrogen-bond donors (Lipinski definition) is 1. The lowest BCUT2D eigenvalue weighted by molar-refractivity contribution is 0.368. The zero-order chi connectivity index (χ0) is 14.6. The first-order valence-electron chi connectivity index (χ1n) is 6.54. The number of sulfonamides is 1. The molecule has 2 rings (SSSR count). The van der Waals surface area contributed by atoms with Crippen molar-refractivity contribution < 1.29 is 8.42 Å². The Hall–Kier alpha value is -0.370. The molecule has 1 fully saturated rings. The molecule has 0 amide bonds. The van der Waals surface area contributed by atoms with Crippen molar-refractivity contribution in [1.82, 2.24) is 4.31 Å². The topological polar surface area (TPSA) is 63.4 Å². The van der Waals surface area contributed by atoms with E-state index in [-0.39, 0.29) is 11.8 Å². The van der Waals surface area contributed by atoms with Crippen LogP contribution in [-0.2, 0) is 10.0 Å². The number of rotatable bonds is 5. The maximum absolute atomic E-state index is 12.3. The van der Waals surface area contributed by atoms with E-state index < -0.39 is 10.0 Å². The van der Waals surface area contributed by atoms with Crippen molar-refractivity contribution in [3.05, 3.63) is 24.3 Å². The van der Waals surface area contributed by atoms with Gasteiger partial charge in [0.05, 0.1) is 5.75 Å². The monoisotopic (exact) mass is 332 g/mol. The molecule has 0 bridgehead atoms. The molecule has 1 aromatic rings. The Morgan fingerprint density at radius 3 is 2.75 bits per heavy atom. The fourth-order valence-corrected chi connectivity index (χ4v) is 6.26. The van der Waals surface area contributed by atoms with E-state index in [1.54, 1.807) is 16.1 Å². The largest absolute Gasteiger partial charge is 0.399 e. The summed E-state index contributed by atoms with van der Waals surface area (Å²) in [5, 5.41) is 0. The molecular weight excluding hydrogens is 312 g/mol. The van der Waals surface area contributed by atoms with Crippen molar-refractivity contribution in [2.24, 2.45) is 0 Å². The van der Waals surface area contributed by atoms with E-state index in [1.165, 1.54) is 0 Å². The maximum Gasteiger partial charge on any atom is 0.215 e. The average Bonchev–Trinajstić information content (AvgIpc) is 2.41. The lowest BCUT2D eigenvalue weighted by Gasteiger charge is -2.31. The first kappa shape index (κ1) is 16.0. The molecule has 1 aliphatic heterocycles. The number of nitrogens with zero attached hydrogens (tertiary/aromatic N) is 1. The second-order valence-corrected chi connectivity index (χ2v) is 9.13. The highest BCUT2D eigenvalue weighted by molar-refractivity contribution is 8.00. The van der Waals surface area contributed by atoms with Crippen LogP contribution < -0.4 is 5.73 Å². The van der Waals surface area contributed by atoms with Crippen LogP contribution in [-0.4, -0.2) is 48.3 Å². The predicted octanol–water partition coefficient (Wildman–Crippen LogP) is 2.13. The first-order chi connectivity index (χ1) is 9.49. The van der Waals surface area contributed by atoms with Gasteiger partial charge in [-0.2, -0.15) is 16.1 Å². The molecule has 0 saturated carbocycles. The number of anilines is 1. The zero-order valence-electron chi connectivity index (χ0n) is 11.5. The third-order valence-corrected chi connectivity index (χ3v) is 7.59. The van der Waals surface area contributed by atoms with Crippen LogP contribution in [0.25, 0.3) is 0 Å². The summed E-state index contributed by atoms with van der Waals surface area (Å²) < 4.78 is 26.3. The van der Waals surface area contributed by atoms with Gasteiger partial charge < -0.3 is 5.73 Å². The number of nitrogens with two attached hydrogens (primary N) is 1. The third kappa shape index (κ3) is 4.31. The molecule has 4 nitrogen and oxygen atoms in total. The van der Waals surface area contributed by atoms with Crippen LogP contribution in [0.3, 0.4) is 0 Å². The van der Waals surface area contributed by atoms with Crippen LogP contribution in [0.4, 0.5) is 5.69 Å². The van der Waals surface area contributed by atoms with Crippen LogP contribution in [0.5, 0.6) is 0 Å². The van der Waals surface area contributed by atoms with Gasteiger partial charge in [0.2, 0.25) is 10.0 Å². The molecule has 0 aliphatic carbocycles. The van der Waals surface area contributed by atoms with Crippen molar-refractivity contribution in [3.63, 3.8) is 0 Å². The normalized spacial score (nSPS) is 20.9. The molecule has 7 heteroatoms. The summed E-state index contributed by atoms with van der Waals surface area (Å²) >= 11 is 3.38. The molecule has 20 heavy (non-hydrogen) atoms. The summed E-state index contributed by atoms with van der Waals surface area (Å²) in [6.07, 6.45) is 0. The van der Waals surface area contributed by atoms with Crippen LogP contribution in [0.15, 0.2) is 29.2 Å². The summed E-state index contributed by atoms with van der Waals surface area (Å²) in [6.45, 7) is 2.62. The molecule has 2 N–H and O–H groups in total. The van der Waals surface area contributed by atoms with Gasteiger partial charge in [0, 0.05) is 40.4 Å². The highest BCUT2D eigenvalue weighted by atomic mass is 32.2. The van der Waals surface area contributed by atoms with E-state index in [4.69, 9.17) is 5.73 Å². The minimum Gasteiger partial charge on any atom is -0.399 e. The van der Waals surface area contributed by atoms with E-state index in [0.717, 1.165) is 22.1 Å². The SMILES string of the molecule is CC1CSCCN1S(=O)(=O)CCSc1ccc(N)cc1. The first-order valence-corrected chi connectivity index (χ1v) is 10.3. The van der Waals surface area contributed by atoms with Gasteiger partial charge in [-0.3, -0.25) is 0 Å². The Morgan fingerprint density at radius 2 is 2.10 bits per heavy atom. The van der Waals surface area contributed by atoms with Crippen LogP contribution >= 0.6 is 23.5 Å². The van der Waals surface area contributed by atoms with Crippen molar-refractivity contribution in [1.29, 1.82) is 0 Å². The minimum atomic E-state index is -3.14. The predicted molar refractivity (Wildman–Crippen MR) is 88.9 cm³/mol. The van der Waals surface area contributed by atoms with E-state index in [9.17, 15) is 8.42 Å². The molecule has 1 aromatic carbocycles. The second-order valence-electron chi connectivity index (χ2n) is 4.77. The smallest absolute Gasteiger partial charge is 0.215 e. The van der Waals surface area contributed by atoms with E-state index in [0.29, 0.717) is 12.3 Å². The summed E-state index contributed by atoms with van der Waals surface area (Å²) in [7, 11) is -3.14. The van der Waals surface area contributed by atoms with Crippen LogP contribution in [0.2, 0.25) is 0 Å². The van der Waals surface area contributed by atoms with Gasteiger partial charge in [0.25, 0.3) is 0 Å². The molecule has 0 radical (unpaired) electrons. The van der Waals surface area contributed by atoms with E-state index in [1.807, 2.05) is 43.0 Å². The Labute approximate surface area is 129 Å². The number of thioether (sulfide) groups is 2. The van der Waals surface area contributed by atoms with Gasteiger partial charge in [-0.15, -0.1) is 11.8 Å². The molecule has 1 aliphatic rings. The van der Waals surface area contributed by atoms with Crippen molar-refractivity contribution >= 4 is 39.2 Å². The summed E-state index contributed by atoms with van der Waals surface area (Å²) in [6, 6.07) is 7.63. The fraction of sp³-hybridized carbons (Fsp3) is 0.538. The van der Waals surface area contributed by atoms with Gasteiger partial charge in [0.15, 0.2) is 0 Å². The second kappa shape index (κ2) is 7.06. The quantitative estimate of drug-likeness (QED) is 0.661. The number of nitrogen functional groups attached to an aromatic ring is 1. The zero-order valence-corrected chi connectivity index (χ0v) is 13.9. The number of benzene rings is 1. The summed E-state index contributed by atoms with van der Waals surface area (Å²) in [5.74, 6) is 2.55. The Morgan fingerprint density at radius 1 is 1.40 bits per heavy atom. The summed E-state index contributed by atoms with van der Waals surface area (Å²) in [5.41, 5.74) is 6.35. The third-order valence-electron chi connectivity index (χ3n) is 3.15. The lowest BCUT2D eigenvalue weighted by Crippen LogP contribution is -2.45. The summed E-state index contributed by atoms with van der Waals surface area (Å²) in [4.78, 5) is 1.05. The fourth-order valence-electron chi connectivity index (χ4n) is 2.07. The van der Waals surface area contributed by atoms with Gasteiger partial charge in [-0.05, 0) is 31.2 Å². The van der Waals surface area contributed by atoms with Crippen molar-refractivity contribution in [3.8, 4) is 0 Å². The van der Waals surface area contributed by atoms with Gasteiger partial charge in [0.1, 0.15) is 0 Å². The molecule has 112 valence electrons. The maximum atomic E-state index is 12.3. The highest BCUT2D eigenvalue weighted by Crippen LogP contribution is 2.23. The average molecular weight is 333 g/mol.